The fraction of sp³-hybridized carbons (Fsp3) is 0.364. The van der Waals surface area contributed by atoms with Gasteiger partial charge in [-0.25, -0.2) is 0 Å². The maximum atomic E-state index is 4.36. The summed E-state index contributed by atoms with van der Waals surface area (Å²) < 4.78 is 1.06. The van der Waals surface area contributed by atoms with Gasteiger partial charge in [0.05, 0.1) is 0 Å². The molecule has 0 radical (unpaired) electrons. The van der Waals surface area contributed by atoms with Gasteiger partial charge in [0, 0.05) is 28.0 Å². The van der Waals surface area contributed by atoms with Crippen LogP contribution in [0.4, 0.5) is 0 Å². The third kappa shape index (κ3) is 1.48. The van der Waals surface area contributed by atoms with Crippen molar-refractivity contribution in [3.63, 3.8) is 0 Å². The van der Waals surface area contributed by atoms with Crippen molar-refractivity contribution in [2.45, 2.75) is 12.3 Å². The zero-order valence-corrected chi connectivity index (χ0v) is 9.84. The molecule has 1 fully saturated rings. The van der Waals surface area contributed by atoms with Crippen LogP contribution in [0.2, 0.25) is 0 Å². The van der Waals surface area contributed by atoms with Crippen molar-refractivity contribution in [3.8, 4) is 0 Å². The molecule has 1 aromatic carbocycles. The van der Waals surface area contributed by atoms with Gasteiger partial charge in [0.25, 0.3) is 0 Å². The van der Waals surface area contributed by atoms with Crippen molar-refractivity contribution >= 4 is 26.8 Å². The predicted octanol–water partition coefficient (Wildman–Crippen LogP) is 2.40. The lowest BCUT2D eigenvalue weighted by Gasteiger charge is -2.05. The molecule has 2 heterocycles. The Morgan fingerprint density at radius 2 is 2.33 bits per heavy atom. The molecular formula is C11H12BrN3. The van der Waals surface area contributed by atoms with E-state index in [1.54, 1.807) is 0 Å². The minimum Gasteiger partial charge on any atom is -0.316 e. The molecule has 0 spiro atoms. The second-order valence-corrected chi connectivity index (χ2v) is 4.82. The van der Waals surface area contributed by atoms with Crippen LogP contribution in [0, 0.1) is 0 Å². The Hall–Kier alpha value is -0.870. The molecule has 1 unspecified atom stereocenters. The van der Waals surface area contributed by atoms with Crippen molar-refractivity contribution < 1.29 is 0 Å². The highest BCUT2D eigenvalue weighted by molar-refractivity contribution is 9.10. The Balaban J connectivity index is 2.15. The van der Waals surface area contributed by atoms with Crippen molar-refractivity contribution in [3.05, 3.63) is 28.4 Å². The van der Waals surface area contributed by atoms with Crippen molar-refractivity contribution in [1.29, 1.82) is 0 Å². The average Bonchev–Trinajstić information content (AvgIpc) is 2.85. The number of para-hydroxylation sites is 1. The average molecular weight is 266 g/mol. The Bertz CT molecular complexity index is 486. The van der Waals surface area contributed by atoms with Crippen LogP contribution in [-0.2, 0) is 0 Å². The van der Waals surface area contributed by atoms with E-state index in [4.69, 9.17) is 0 Å². The van der Waals surface area contributed by atoms with Gasteiger partial charge in [0.1, 0.15) is 5.52 Å². The van der Waals surface area contributed by atoms with Crippen LogP contribution in [0.5, 0.6) is 0 Å². The molecule has 78 valence electrons. The summed E-state index contributed by atoms with van der Waals surface area (Å²) in [6, 6.07) is 6.23. The minimum absolute atomic E-state index is 0.587. The molecule has 0 bridgehead atoms. The van der Waals surface area contributed by atoms with Gasteiger partial charge in [0.15, 0.2) is 0 Å². The summed E-state index contributed by atoms with van der Waals surface area (Å²) in [4.78, 5) is 0. The second-order valence-electron chi connectivity index (χ2n) is 3.96. The standard InChI is InChI=1S/C11H12BrN3/c12-9-3-1-2-8-10(14-15-11(8)9)7-4-5-13-6-7/h1-3,7,13H,4-6H2,(H,14,15). The maximum Gasteiger partial charge on any atom is 0.107 e. The molecule has 1 aliphatic rings. The topological polar surface area (TPSA) is 40.7 Å². The normalized spacial score (nSPS) is 21.3. The van der Waals surface area contributed by atoms with Crippen LogP contribution in [0.3, 0.4) is 0 Å². The fourth-order valence-corrected chi connectivity index (χ4v) is 2.69. The van der Waals surface area contributed by atoms with E-state index in [-0.39, 0.29) is 0 Å². The molecule has 0 aliphatic carbocycles. The van der Waals surface area contributed by atoms with Gasteiger partial charge >= 0.3 is 0 Å². The minimum atomic E-state index is 0.587. The first-order valence-electron chi connectivity index (χ1n) is 5.19. The van der Waals surface area contributed by atoms with Gasteiger partial charge in [-0.3, -0.25) is 5.10 Å². The highest BCUT2D eigenvalue weighted by Crippen LogP contribution is 2.30. The van der Waals surface area contributed by atoms with Crippen molar-refractivity contribution in [2.24, 2.45) is 0 Å². The van der Waals surface area contributed by atoms with Crippen molar-refractivity contribution in [2.75, 3.05) is 13.1 Å². The largest absolute Gasteiger partial charge is 0.316 e. The molecule has 1 saturated heterocycles. The molecule has 4 heteroatoms. The highest BCUT2D eigenvalue weighted by Gasteiger charge is 2.21. The number of halogens is 1. The van der Waals surface area contributed by atoms with Crippen LogP contribution >= 0.6 is 15.9 Å². The fourth-order valence-electron chi connectivity index (χ4n) is 2.23. The molecular weight excluding hydrogens is 254 g/mol. The zero-order chi connectivity index (χ0) is 10.3. The van der Waals surface area contributed by atoms with Crippen LogP contribution in [0.1, 0.15) is 18.0 Å². The van der Waals surface area contributed by atoms with Crippen molar-refractivity contribution in [1.82, 2.24) is 15.5 Å². The third-order valence-corrected chi connectivity index (χ3v) is 3.67. The van der Waals surface area contributed by atoms with E-state index in [1.165, 1.54) is 17.5 Å². The Morgan fingerprint density at radius 3 is 3.13 bits per heavy atom. The molecule has 1 atom stereocenters. The maximum absolute atomic E-state index is 4.36. The van der Waals surface area contributed by atoms with Gasteiger partial charge in [-0.15, -0.1) is 0 Å². The SMILES string of the molecule is Brc1cccc2c(C3CCNC3)[nH]nc12. The van der Waals surface area contributed by atoms with Crippen LogP contribution in [0.25, 0.3) is 10.9 Å². The zero-order valence-electron chi connectivity index (χ0n) is 8.26. The Morgan fingerprint density at radius 1 is 1.40 bits per heavy atom. The number of fused-ring (bicyclic) bond motifs is 1. The van der Waals surface area contributed by atoms with E-state index in [1.807, 2.05) is 6.07 Å². The summed E-state index contributed by atoms with van der Waals surface area (Å²) in [5.41, 5.74) is 2.32. The number of rotatable bonds is 1. The van der Waals surface area contributed by atoms with E-state index in [9.17, 15) is 0 Å². The van der Waals surface area contributed by atoms with Crippen LogP contribution < -0.4 is 5.32 Å². The van der Waals surface area contributed by atoms with Crippen LogP contribution in [-0.4, -0.2) is 23.3 Å². The summed E-state index contributed by atoms with van der Waals surface area (Å²) >= 11 is 3.52. The van der Waals surface area contributed by atoms with Gasteiger partial charge in [0.2, 0.25) is 0 Å². The smallest absolute Gasteiger partial charge is 0.107 e. The van der Waals surface area contributed by atoms with E-state index in [0.717, 1.165) is 23.1 Å². The molecule has 3 rings (SSSR count). The van der Waals surface area contributed by atoms with Gasteiger partial charge < -0.3 is 5.32 Å². The van der Waals surface area contributed by atoms with Gasteiger partial charge in [-0.1, -0.05) is 12.1 Å². The number of nitrogens with zero attached hydrogens (tertiary/aromatic N) is 1. The summed E-state index contributed by atoms with van der Waals surface area (Å²) in [6.07, 6.45) is 1.20. The summed E-state index contributed by atoms with van der Waals surface area (Å²) in [5.74, 6) is 0.587. The molecule has 2 N–H and O–H groups in total. The number of H-pyrrole nitrogens is 1. The molecule has 1 aromatic heterocycles. The number of hydrogen-bond acceptors (Lipinski definition) is 2. The lowest BCUT2D eigenvalue weighted by atomic mass is 10.0. The highest BCUT2D eigenvalue weighted by atomic mass is 79.9. The van der Waals surface area contributed by atoms with E-state index < -0.39 is 0 Å². The summed E-state index contributed by atoms with van der Waals surface area (Å²) in [7, 11) is 0. The third-order valence-electron chi connectivity index (χ3n) is 3.03. The number of benzene rings is 1. The number of hydrogen-bond donors (Lipinski definition) is 2. The van der Waals surface area contributed by atoms with E-state index in [0.29, 0.717) is 5.92 Å². The van der Waals surface area contributed by atoms with E-state index >= 15 is 0 Å². The summed E-state index contributed by atoms with van der Waals surface area (Å²) in [6.45, 7) is 2.17. The summed E-state index contributed by atoms with van der Waals surface area (Å²) in [5, 5.41) is 12.2. The first-order chi connectivity index (χ1) is 7.36. The molecule has 0 saturated carbocycles. The number of nitrogens with one attached hydrogen (secondary N) is 2. The molecule has 15 heavy (non-hydrogen) atoms. The lowest BCUT2D eigenvalue weighted by molar-refractivity contribution is 0.734. The quantitative estimate of drug-likeness (QED) is 0.832. The first-order valence-corrected chi connectivity index (χ1v) is 5.99. The molecule has 2 aromatic rings. The lowest BCUT2D eigenvalue weighted by Crippen LogP contribution is -2.08. The molecule has 1 aliphatic heterocycles. The Kier molecular flexibility index (Phi) is 2.25. The first kappa shape index (κ1) is 9.36. The molecule has 0 amide bonds. The van der Waals surface area contributed by atoms with E-state index in [2.05, 4.69) is 43.6 Å². The molecule has 3 nitrogen and oxygen atoms in total. The van der Waals surface area contributed by atoms with Gasteiger partial charge in [-0.05, 0) is 35.0 Å². The predicted molar refractivity (Wildman–Crippen MR) is 64.0 cm³/mol. The monoisotopic (exact) mass is 265 g/mol. The number of aromatic amines is 1. The second kappa shape index (κ2) is 3.61. The Labute approximate surface area is 96.4 Å². The van der Waals surface area contributed by atoms with Crippen LogP contribution in [0.15, 0.2) is 22.7 Å². The van der Waals surface area contributed by atoms with Gasteiger partial charge in [-0.2, -0.15) is 5.10 Å². The number of aromatic nitrogens is 2.